The first-order chi connectivity index (χ1) is 5.97. The average molecular weight is 160 g/mol. The van der Waals surface area contributed by atoms with Crippen molar-refractivity contribution >= 4 is 5.76 Å². The lowest BCUT2D eigenvalue weighted by Crippen LogP contribution is -1.92. The Morgan fingerprint density at radius 2 is 2.42 bits per heavy atom. The molecule has 0 N–H and O–H groups in total. The molecule has 3 nitrogen and oxygen atoms in total. The summed E-state index contributed by atoms with van der Waals surface area (Å²) in [5.74, 6) is 0.616. The predicted octanol–water partition coefficient (Wildman–Crippen LogP) is 1.70. The van der Waals surface area contributed by atoms with Crippen LogP contribution in [0, 0.1) is 6.26 Å². The van der Waals surface area contributed by atoms with Gasteiger partial charge in [0.15, 0.2) is 5.76 Å². The highest BCUT2D eigenvalue weighted by molar-refractivity contribution is 5.58. The highest BCUT2D eigenvalue weighted by Gasteiger charge is 2.04. The molecule has 1 aliphatic heterocycles. The normalized spacial score (nSPS) is 14.5. The molecule has 12 heavy (non-hydrogen) atoms. The fourth-order valence-corrected chi connectivity index (χ4v) is 0.871. The summed E-state index contributed by atoms with van der Waals surface area (Å²) in [7, 11) is 0. The van der Waals surface area contributed by atoms with Crippen LogP contribution in [0.3, 0.4) is 0 Å². The van der Waals surface area contributed by atoms with Crippen LogP contribution < -0.4 is 0 Å². The molecule has 1 aromatic heterocycles. The number of aromatic nitrogens is 1. The monoisotopic (exact) mass is 160 g/mol. The van der Waals surface area contributed by atoms with Crippen molar-refractivity contribution in [3.05, 3.63) is 48.9 Å². The Morgan fingerprint density at radius 1 is 1.42 bits per heavy atom. The summed E-state index contributed by atoms with van der Waals surface area (Å²) in [6.07, 6.45) is 8.74. The quantitative estimate of drug-likeness (QED) is 0.626. The molecule has 0 fully saturated rings. The average Bonchev–Trinajstić information content (AvgIpc) is 2.21. The van der Waals surface area contributed by atoms with E-state index in [1.165, 1.54) is 12.5 Å². The van der Waals surface area contributed by atoms with Crippen molar-refractivity contribution in [2.45, 2.75) is 0 Å². The molecule has 59 valence electrons. The van der Waals surface area contributed by atoms with Crippen molar-refractivity contribution in [1.29, 1.82) is 0 Å². The van der Waals surface area contributed by atoms with E-state index in [2.05, 4.69) is 11.2 Å². The van der Waals surface area contributed by atoms with Gasteiger partial charge >= 0.3 is 0 Å². The van der Waals surface area contributed by atoms with Gasteiger partial charge in [0.1, 0.15) is 12.5 Å². The van der Waals surface area contributed by atoms with Crippen LogP contribution in [0.15, 0.2) is 37.1 Å². The Bertz CT molecular complexity index is 317. The van der Waals surface area contributed by atoms with Crippen LogP contribution in [0.25, 0.3) is 5.76 Å². The van der Waals surface area contributed by atoms with E-state index in [-0.39, 0.29) is 0 Å². The van der Waals surface area contributed by atoms with Crippen LogP contribution >= 0.6 is 0 Å². The molecule has 0 unspecified atom stereocenters. The third kappa shape index (κ3) is 1.29. The van der Waals surface area contributed by atoms with Crippen LogP contribution in [0.2, 0.25) is 0 Å². The Hall–Kier alpha value is -1.77. The number of hydrogen-bond acceptors (Lipinski definition) is 3. The predicted molar refractivity (Wildman–Crippen MR) is 42.2 cm³/mol. The zero-order valence-corrected chi connectivity index (χ0v) is 6.23. The number of pyridine rings is 1. The Kier molecular flexibility index (Phi) is 1.78. The smallest absolute Gasteiger partial charge is 0.208 e. The van der Waals surface area contributed by atoms with Gasteiger partial charge in [-0.15, -0.1) is 0 Å². The van der Waals surface area contributed by atoms with Crippen LogP contribution in [-0.4, -0.2) is 4.98 Å². The Morgan fingerprint density at radius 3 is 3.08 bits per heavy atom. The largest absolute Gasteiger partial charge is 0.465 e. The molecule has 0 spiro atoms. The fourth-order valence-electron chi connectivity index (χ4n) is 0.871. The van der Waals surface area contributed by atoms with E-state index in [0.717, 1.165) is 5.56 Å². The second kappa shape index (κ2) is 3.09. The molecule has 2 heterocycles. The molecule has 3 heteroatoms. The van der Waals surface area contributed by atoms with Crippen molar-refractivity contribution < 1.29 is 9.47 Å². The van der Waals surface area contributed by atoms with Gasteiger partial charge in [-0.05, 0) is 12.1 Å². The van der Waals surface area contributed by atoms with Gasteiger partial charge in [0.25, 0.3) is 0 Å². The van der Waals surface area contributed by atoms with Gasteiger partial charge in [0.2, 0.25) is 6.26 Å². The van der Waals surface area contributed by atoms with E-state index in [9.17, 15) is 0 Å². The summed E-state index contributed by atoms with van der Waals surface area (Å²) in [5.41, 5.74) is 0.873. The van der Waals surface area contributed by atoms with Gasteiger partial charge in [-0.25, -0.2) is 0 Å². The lowest BCUT2D eigenvalue weighted by atomic mass is 10.2. The first kappa shape index (κ1) is 6.91. The number of ether oxygens (including phenoxy) is 2. The maximum atomic E-state index is 5.05. The van der Waals surface area contributed by atoms with Gasteiger partial charge in [0, 0.05) is 18.0 Å². The van der Waals surface area contributed by atoms with Gasteiger partial charge in [-0.3, -0.25) is 4.98 Å². The van der Waals surface area contributed by atoms with Crippen LogP contribution in [-0.2, 0) is 9.47 Å². The highest BCUT2D eigenvalue weighted by Crippen LogP contribution is 2.16. The summed E-state index contributed by atoms with van der Waals surface area (Å²) in [6.45, 7) is 0. The lowest BCUT2D eigenvalue weighted by Gasteiger charge is -2.07. The summed E-state index contributed by atoms with van der Waals surface area (Å²) < 4.78 is 9.94. The summed E-state index contributed by atoms with van der Waals surface area (Å²) in [6, 6.07) is 3.72. The molecule has 0 amide bonds. The first-order valence-electron chi connectivity index (χ1n) is 3.47. The molecule has 0 bridgehead atoms. The minimum absolute atomic E-state index is 0.616. The molecule has 1 aromatic rings. The van der Waals surface area contributed by atoms with E-state index >= 15 is 0 Å². The summed E-state index contributed by atoms with van der Waals surface area (Å²) in [5, 5.41) is 0. The molecule has 2 rings (SSSR count). The molecule has 0 atom stereocenters. The van der Waals surface area contributed by atoms with Crippen molar-refractivity contribution in [3.63, 3.8) is 0 Å². The van der Waals surface area contributed by atoms with Gasteiger partial charge in [-0.1, -0.05) is 0 Å². The van der Waals surface area contributed by atoms with Gasteiger partial charge in [0.05, 0.1) is 0 Å². The highest BCUT2D eigenvalue weighted by atomic mass is 16.5. The molecule has 0 saturated carbocycles. The Balaban J connectivity index is 2.26. The maximum Gasteiger partial charge on any atom is 0.208 e. The summed E-state index contributed by atoms with van der Waals surface area (Å²) in [4.78, 5) is 3.95. The van der Waals surface area contributed by atoms with Crippen LogP contribution in [0.4, 0.5) is 0 Å². The van der Waals surface area contributed by atoms with E-state index < -0.39 is 0 Å². The second-order valence-corrected chi connectivity index (χ2v) is 2.20. The second-order valence-electron chi connectivity index (χ2n) is 2.20. The van der Waals surface area contributed by atoms with Crippen molar-refractivity contribution in [1.82, 2.24) is 4.98 Å². The van der Waals surface area contributed by atoms with Gasteiger partial charge in [-0.2, -0.15) is 0 Å². The lowest BCUT2D eigenvalue weighted by molar-refractivity contribution is 0.295. The minimum Gasteiger partial charge on any atom is -0.465 e. The molecule has 0 saturated heterocycles. The standard InChI is InChI=1S/C9H6NO2/c1-2-8(6-10-3-1)9-7-11-4-5-12-9/h1-4,6-7H. The van der Waals surface area contributed by atoms with Crippen molar-refractivity contribution in [2.24, 2.45) is 0 Å². The number of nitrogens with zero attached hydrogens (tertiary/aromatic N) is 1. The summed E-state index contributed by atoms with van der Waals surface area (Å²) >= 11 is 0. The first-order valence-corrected chi connectivity index (χ1v) is 3.47. The maximum absolute atomic E-state index is 5.05. The zero-order valence-electron chi connectivity index (χ0n) is 6.23. The topological polar surface area (TPSA) is 31.4 Å². The zero-order chi connectivity index (χ0) is 8.23. The molecule has 0 aromatic carbocycles. The molecule has 1 aliphatic rings. The van der Waals surface area contributed by atoms with Crippen LogP contribution in [0.1, 0.15) is 5.56 Å². The molecular weight excluding hydrogens is 154 g/mol. The Labute approximate surface area is 70.0 Å². The van der Waals surface area contributed by atoms with E-state index in [4.69, 9.17) is 9.47 Å². The minimum atomic E-state index is 0.616. The fraction of sp³-hybridized carbons (Fsp3) is 0. The molecule has 0 aliphatic carbocycles. The number of hydrogen-bond donors (Lipinski definition) is 0. The van der Waals surface area contributed by atoms with E-state index in [0.29, 0.717) is 5.76 Å². The van der Waals surface area contributed by atoms with E-state index in [1.807, 2.05) is 12.1 Å². The van der Waals surface area contributed by atoms with Crippen LogP contribution in [0.5, 0.6) is 0 Å². The number of rotatable bonds is 1. The van der Waals surface area contributed by atoms with Crippen molar-refractivity contribution in [2.75, 3.05) is 0 Å². The molecule has 1 radical (unpaired) electrons. The van der Waals surface area contributed by atoms with E-state index in [1.54, 1.807) is 12.4 Å². The third-order valence-corrected chi connectivity index (χ3v) is 1.41. The van der Waals surface area contributed by atoms with Gasteiger partial charge < -0.3 is 9.47 Å². The van der Waals surface area contributed by atoms with Crippen molar-refractivity contribution in [3.8, 4) is 0 Å². The third-order valence-electron chi connectivity index (χ3n) is 1.41. The SMILES string of the molecule is [C]1=COC=C(c2cccnc2)O1. The molecular formula is C9H6NO2.